The van der Waals surface area contributed by atoms with Gasteiger partial charge in [-0.05, 0) is 49.1 Å². The van der Waals surface area contributed by atoms with Gasteiger partial charge in [-0.15, -0.1) is 11.3 Å². The van der Waals surface area contributed by atoms with Crippen molar-refractivity contribution in [2.24, 2.45) is 0 Å². The van der Waals surface area contributed by atoms with Crippen LogP contribution in [-0.4, -0.2) is 30.6 Å². The number of amides is 2. The molecule has 122 valence electrons. The molecule has 0 aliphatic carbocycles. The molecular weight excluding hydrogens is 312 g/mol. The zero-order valence-electron chi connectivity index (χ0n) is 13.5. The second-order valence-electron chi connectivity index (χ2n) is 5.11. The molecular formula is C17H20N2O3S. The van der Waals surface area contributed by atoms with E-state index in [1.54, 1.807) is 54.5 Å². The molecule has 0 radical (unpaired) electrons. The Bertz CT molecular complexity index is 697. The molecule has 23 heavy (non-hydrogen) atoms. The van der Waals surface area contributed by atoms with Crippen LogP contribution in [0.15, 0.2) is 35.7 Å². The van der Waals surface area contributed by atoms with Gasteiger partial charge in [0.1, 0.15) is 0 Å². The number of hydrogen-bond donors (Lipinski definition) is 1. The third kappa shape index (κ3) is 4.56. The number of anilines is 1. The third-order valence-corrected chi connectivity index (χ3v) is 4.33. The molecule has 1 aromatic carbocycles. The van der Waals surface area contributed by atoms with Gasteiger partial charge in [-0.2, -0.15) is 0 Å². The molecule has 5 nitrogen and oxygen atoms in total. The number of rotatable bonds is 5. The first kappa shape index (κ1) is 17.0. The van der Waals surface area contributed by atoms with Gasteiger partial charge in [-0.3, -0.25) is 10.1 Å². The van der Waals surface area contributed by atoms with E-state index in [-0.39, 0.29) is 5.91 Å². The van der Waals surface area contributed by atoms with E-state index in [0.29, 0.717) is 24.4 Å². The lowest BCUT2D eigenvalue weighted by Gasteiger charge is -2.17. The van der Waals surface area contributed by atoms with E-state index in [4.69, 9.17) is 4.74 Å². The van der Waals surface area contributed by atoms with Crippen LogP contribution in [0.5, 0.6) is 0 Å². The SMILES string of the molecule is CCOC(=O)Nc1cccc(C(=O)N(C)Cc2sccc2C)c1. The van der Waals surface area contributed by atoms with Gasteiger partial charge in [0, 0.05) is 23.2 Å². The zero-order chi connectivity index (χ0) is 16.8. The first-order valence-electron chi connectivity index (χ1n) is 7.33. The molecule has 6 heteroatoms. The lowest BCUT2D eigenvalue weighted by molar-refractivity contribution is 0.0786. The molecule has 2 aromatic rings. The van der Waals surface area contributed by atoms with Gasteiger partial charge in [-0.1, -0.05) is 6.07 Å². The molecule has 1 heterocycles. The topological polar surface area (TPSA) is 58.6 Å². The molecule has 0 unspecified atom stereocenters. The monoisotopic (exact) mass is 332 g/mol. The number of benzene rings is 1. The van der Waals surface area contributed by atoms with Crippen LogP contribution in [0.4, 0.5) is 10.5 Å². The first-order valence-corrected chi connectivity index (χ1v) is 8.21. The van der Waals surface area contributed by atoms with Crippen molar-refractivity contribution in [3.63, 3.8) is 0 Å². The fraction of sp³-hybridized carbons (Fsp3) is 0.294. The Hall–Kier alpha value is -2.34. The van der Waals surface area contributed by atoms with E-state index in [1.165, 1.54) is 10.4 Å². The summed E-state index contributed by atoms with van der Waals surface area (Å²) >= 11 is 1.64. The maximum atomic E-state index is 12.5. The molecule has 0 saturated heterocycles. The van der Waals surface area contributed by atoms with Gasteiger partial charge in [0.25, 0.3) is 5.91 Å². The molecule has 1 aromatic heterocycles. The van der Waals surface area contributed by atoms with Gasteiger partial charge in [0.2, 0.25) is 0 Å². The highest BCUT2D eigenvalue weighted by molar-refractivity contribution is 7.10. The van der Waals surface area contributed by atoms with Gasteiger partial charge < -0.3 is 9.64 Å². The Balaban J connectivity index is 2.06. The number of nitrogens with one attached hydrogen (secondary N) is 1. The maximum absolute atomic E-state index is 12.5. The number of aryl methyl sites for hydroxylation is 1. The van der Waals surface area contributed by atoms with Crippen LogP contribution in [0, 0.1) is 6.92 Å². The molecule has 0 aliphatic rings. The smallest absolute Gasteiger partial charge is 0.411 e. The predicted octanol–water partition coefficient (Wildman–Crippen LogP) is 3.90. The summed E-state index contributed by atoms with van der Waals surface area (Å²) in [4.78, 5) is 26.8. The highest BCUT2D eigenvalue weighted by atomic mass is 32.1. The highest BCUT2D eigenvalue weighted by Gasteiger charge is 2.14. The normalized spacial score (nSPS) is 10.2. The summed E-state index contributed by atoms with van der Waals surface area (Å²) in [7, 11) is 1.77. The Labute approximate surface area is 139 Å². The Morgan fingerprint density at radius 1 is 1.30 bits per heavy atom. The Morgan fingerprint density at radius 2 is 2.09 bits per heavy atom. The number of carbonyl (C=O) groups excluding carboxylic acids is 2. The average Bonchev–Trinajstić information content (AvgIpc) is 2.92. The summed E-state index contributed by atoms with van der Waals surface area (Å²) in [5.41, 5.74) is 2.25. The average molecular weight is 332 g/mol. The molecule has 2 amide bonds. The number of ether oxygens (including phenoxy) is 1. The summed E-state index contributed by atoms with van der Waals surface area (Å²) in [6.07, 6.45) is -0.528. The van der Waals surface area contributed by atoms with E-state index in [0.717, 1.165) is 0 Å². The van der Waals surface area contributed by atoms with E-state index in [2.05, 4.69) is 5.32 Å². The van der Waals surface area contributed by atoms with Crippen LogP contribution in [0.3, 0.4) is 0 Å². The van der Waals surface area contributed by atoms with Gasteiger partial charge in [-0.25, -0.2) is 4.79 Å². The minimum Gasteiger partial charge on any atom is -0.450 e. The van der Waals surface area contributed by atoms with Gasteiger partial charge >= 0.3 is 6.09 Å². The Kier molecular flexibility index (Phi) is 5.76. The Morgan fingerprint density at radius 3 is 2.74 bits per heavy atom. The minimum atomic E-state index is -0.528. The van der Waals surface area contributed by atoms with Crippen molar-refractivity contribution in [2.75, 3.05) is 19.0 Å². The van der Waals surface area contributed by atoms with Crippen LogP contribution in [-0.2, 0) is 11.3 Å². The summed E-state index contributed by atoms with van der Waals surface area (Å²) in [6.45, 7) is 4.64. The minimum absolute atomic E-state index is 0.0923. The highest BCUT2D eigenvalue weighted by Crippen LogP contribution is 2.19. The summed E-state index contributed by atoms with van der Waals surface area (Å²) < 4.78 is 4.83. The molecule has 1 N–H and O–H groups in total. The number of nitrogens with zero attached hydrogens (tertiary/aromatic N) is 1. The molecule has 0 fully saturated rings. The lowest BCUT2D eigenvalue weighted by atomic mass is 10.1. The number of hydrogen-bond acceptors (Lipinski definition) is 4. The number of carbonyl (C=O) groups is 2. The summed E-state index contributed by atoms with van der Waals surface area (Å²) in [5.74, 6) is -0.0923. The van der Waals surface area contributed by atoms with Gasteiger partial charge in [0.05, 0.1) is 13.2 Å². The second kappa shape index (κ2) is 7.78. The molecule has 0 spiro atoms. The van der Waals surface area contributed by atoms with Crippen LogP contribution < -0.4 is 5.32 Å². The van der Waals surface area contributed by atoms with Crippen LogP contribution in [0.1, 0.15) is 27.7 Å². The van der Waals surface area contributed by atoms with E-state index >= 15 is 0 Å². The van der Waals surface area contributed by atoms with Crippen LogP contribution >= 0.6 is 11.3 Å². The van der Waals surface area contributed by atoms with Crippen molar-refractivity contribution in [1.82, 2.24) is 4.90 Å². The fourth-order valence-corrected chi connectivity index (χ4v) is 3.05. The van der Waals surface area contributed by atoms with E-state index in [1.807, 2.05) is 18.4 Å². The van der Waals surface area contributed by atoms with Crippen molar-refractivity contribution >= 4 is 29.0 Å². The quantitative estimate of drug-likeness (QED) is 0.903. The molecule has 0 aliphatic heterocycles. The van der Waals surface area contributed by atoms with Crippen molar-refractivity contribution in [1.29, 1.82) is 0 Å². The van der Waals surface area contributed by atoms with Crippen molar-refractivity contribution in [2.45, 2.75) is 20.4 Å². The second-order valence-corrected chi connectivity index (χ2v) is 6.11. The lowest BCUT2D eigenvalue weighted by Crippen LogP contribution is -2.26. The van der Waals surface area contributed by atoms with Crippen molar-refractivity contribution in [3.8, 4) is 0 Å². The zero-order valence-corrected chi connectivity index (χ0v) is 14.3. The first-order chi connectivity index (χ1) is 11.0. The summed E-state index contributed by atoms with van der Waals surface area (Å²) in [6, 6.07) is 8.88. The van der Waals surface area contributed by atoms with E-state index in [9.17, 15) is 9.59 Å². The maximum Gasteiger partial charge on any atom is 0.411 e. The molecule has 2 rings (SSSR count). The van der Waals surface area contributed by atoms with Gasteiger partial charge in [0.15, 0.2) is 0 Å². The van der Waals surface area contributed by atoms with Crippen LogP contribution in [0.2, 0.25) is 0 Å². The largest absolute Gasteiger partial charge is 0.450 e. The van der Waals surface area contributed by atoms with E-state index < -0.39 is 6.09 Å². The molecule has 0 bridgehead atoms. The summed E-state index contributed by atoms with van der Waals surface area (Å²) in [5, 5.41) is 4.62. The third-order valence-electron chi connectivity index (χ3n) is 3.33. The molecule has 0 atom stereocenters. The van der Waals surface area contributed by atoms with Crippen molar-refractivity contribution in [3.05, 3.63) is 51.7 Å². The standard InChI is InChI=1S/C17H20N2O3S/c1-4-22-17(21)18-14-7-5-6-13(10-14)16(20)19(3)11-15-12(2)8-9-23-15/h5-10H,4,11H2,1-3H3,(H,18,21). The fourth-order valence-electron chi connectivity index (χ4n) is 2.09. The van der Waals surface area contributed by atoms with Crippen molar-refractivity contribution < 1.29 is 14.3 Å². The van der Waals surface area contributed by atoms with Crippen LogP contribution in [0.25, 0.3) is 0 Å². The molecule has 0 saturated carbocycles. The number of thiophene rings is 1. The predicted molar refractivity (Wildman–Crippen MR) is 91.9 cm³/mol.